The molecule has 0 amide bonds. The van der Waals surface area contributed by atoms with Crippen molar-refractivity contribution in [3.8, 4) is 33.9 Å². The number of hydrogen-bond donors (Lipinski definition) is 1. The van der Waals surface area contributed by atoms with Crippen LogP contribution in [0, 0.1) is 0 Å². The molecule has 0 radical (unpaired) electrons. The number of hydrogen-bond acceptors (Lipinski definition) is 6. The van der Waals surface area contributed by atoms with Gasteiger partial charge in [-0.15, -0.1) is 0 Å². The number of aromatic amines is 1. The van der Waals surface area contributed by atoms with Gasteiger partial charge in [0.05, 0.1) is 11.9 Å². The van der Waals surface area contributed by atoms with Crippen molar-refractivity contribution in [1.29, 1.82) is 0 Å². The Balaban J connectivity index is 1.05. The van der Waals surface area contributed by atoms with Crippen molar-refractivity contribution in [2.75, 3.05) is 13.1 Å². The molecule has 40 heavy (non-hydrogen) atoms. The van der Waals surface area contributed by atoms with Crippen molar-refractivity contribution in [2.24, 2.45) is 0 Å². The predicted octanol–water partition coefficient (Wildman–Crippen LogP) is 6.28. The number of benzene rings is 2. The highest BCUT2D eigenvalue weighted by Crippen LogP contribution is 2.33. The van der Waals surface area contributed by atoms with Gasteiger partial charge in [0.2, 0.25) is 5.78 Å². The second-order valence-corrected chi connectivity index (χ2v) is 10.5. The third-order valence-electron chi connectivity index (χ3n) is 7.55. The van der Waals surface area contributed by atoms with Gasteiger partial charge in [-0.2, -0.15) is 5.10 Å². The fourth-order valence-electron chi connectivity index (χ4n) is 5.39. The Kier molecular flexibility index (Phi) is 6.55. The Morgan fingerprint density at radius 1 is 0.850 bits per heavy atom. The van der Waals surface area contributed by atoms with E-state index in [9.17, 15) is 0 Å². The minimum absolute atomic E-state index is 0.386. The van der Waals surface area contributed by atoms with Gasteiger partial charge in [0.15, 0.2) is 5.82 Å². The van der Waals surface area contributed by atoms with E-state index in [1.807, 2.05) is 47.0 Å². The largest absolute Gasteiger partial charge is 0.299 e. The van der Waals surface area contributed by atoms with Crippen LogP contribution in [0.25, 0.3) is 39.7 Å². The van der Waals surface area contributed by atoms with Gasteiger partial charge in [-0.25, -0.2) is 15.0 Å². The molecular formula is C31H27ClN8. The SMILES string of the molecule is Clc1cnc2nc(-c3ccc(CN4CCC(c5nc(-c6ccccn6)n[nH]5)CC4)cc3)c(-c3ccccc3)cn12. The molecule has 8 nitrogen and oxygen atoms in total. The van der Waals surface area contributed by atoms with Crippen LogP contribution in [0.15, 0.2) is 91.4 Å². The summed E-state index contributed by atoms with van der Waals surface area (Å²) in [5.41, 5.74) is 6.13. The second kappa shape index (κ2) is 10.6. The number of likely N-dealkylation sites (tertiary alicyclic amines) is 1. The van der Waals surface area contributed by atoms with E-state index >= 15 is 0 Å². The smallest absolute Gasteiger partial charge is 0.235 e. The molecule has 1 aliphatic rings. The van der Waals surface area contributed by atoms with Gasteiger partial charge < -0.3 is 0 Å². The fourth-order valence-corrected chi connectivity index (χ4v) is 5.56. The third-order valence-corrected chi connectivity index (χ3v) is 7.83. The first-order valence-corrected chi connectivity index (χ1v) is 13.8. The van der Waals surface area contributed by atoms with Crippen molar-refractivity contribution in [3.63, 3.8) is 0 Å². The van der Waals surface area contributed by atoms with Gasteiger partial charge in [0.1, 0.15) is 16.7 Å². The molecule has 1 N–H and O–H groups in total. The Bertz CT molecular complexity index is 1740. The summed E-state index contributed by atoms with van der Waals surface area (Å²) >= 11 is 6.36. The normalized spacial score (nSPS) is 14.6. The summed E-state index contributed by atoms with van der Waals surface area (Å²) in [5, 5.41) is 8.09. The molecule has 0 saturated carbocycles. The standard InChI is InChI=1S/C31H27ClN8/c32-27-18-34-31-35-28(25(20-40(27)31)22-6-2-1-3-7-22)23-11-9-21(10-12-23)19-39-16-13-24(14-17-39)29-36-30(38-37-29)26-8-4-5-15-33-26/h1-12,15,18,20,24H,13-14,16-17,19H2,(H,36,37,38). The molecule has 1 saturated heterocycles. The third kappa shape index (κ3) is 4.87. The first-order chi connectivity index (χ1) is 19.7. The molecule has 6 aromatic rings. The number of piperidine rings is 1. The minimum atomic E-state index is 0.386. The topological polar surface area (TPSA) is 87.9 Å². The highest BCUT2D eigenvalue weighted by molar-refractivity contribution is 6.29. The van der Waals surface area contributed by atoms with E-state index in [-0.39, 0.29) is 0 Å². The van der Waals surface area contributed by atoms with E-state index in [4.69, 9.17) is 21.6 Å². The molecule has 7 rings (SSSR count). The molecular weight excluding hydrogens is 520 g/mol. The summed E-state index contributed by atoms with van der Waals surface area (Å²) in [6.07, 6.45) is 7.52. The van der Waals surface area contributed by atoms with Crippen LogP contribution < -0.4 is 0 Å². The van der Waals surface area contributed by atoms with Crippen LogP contribution in [0.4, 0.5) is 0 Å². The summed E-state index contributed by atoms with van der Waals surface area (Å²) in [7, 11) is 0. The maximum Gasteiger partial charge on any atom is 0.235 e. The minimum Gasteiger partial charge on any atom is -0.299 e. The zero-order chi connectivity index (χ0) is 26.9. The lowest BCUT2D eigenvalue weighted by Crippen LogP contribution is -2.32. The van der Waals surface area contributed by atoms with Crippen LogP contribution in [0.2, 0.25) is 5.15 Å². The van der Waals surface area contributed by atoms with E-state index < -0.39 is 0 Å². The summed E-state index contributed by atoms with van der Waals surface area (Å²) in [4.78, 5) is 20.9. The first kappa shape index (κ1) is 24.6. The Morgan fingerprint density at radius 3 is 2.42 bits per heavy atom. The molecule has 4 aromatic heterocycles. The van der Waals surface area contributed by atoms with E-state index in [1.54, 1.807) is 12.4 Å². The van der Waals surface area contributed by atoms with Crippen LogP contribution in [0.5, 0.6) is 0 Å². The van der Waals surface area contributed by atoms with Gasteiger partial charge in [0, 0.05) is 36.0 Å². The van der Waals surface area contributed by atoms with E-state index in [0.717, 1.165) is 66.4 Å². The molecule has 0 spiro atoms. The van der Waals surface area contributed by atoms with Gasteiger partial charge in [-0.3, -0.25) is 19.4 Å². The monoisotopic (exact) mass is 546 g/mol. The maximum atomic E-state index is 6.36. The molecule has 1 aliphatic heterocycles. The fraction of sp³-hybridized carbons (Fsp3) is 0.194. The number of imidazole rings is 1. The Morgan fingerprint density at radius 2 is 1.65 bits per heavy atom. The van der Waals surface area contributed by atoms with Crippen molar-refractivity contribution in [1.82, 2.24) is 39.4 Å². The number of pyridine rings is 1. The average Bonchev–Trinajstić information content (AvgIpc) is 3.65. The van der Waals surface area contributed by atoms with Crippen LogP contribution >= 0.6 is 11.6 Å². The lowest BCUT2D eigenvalue weighted by molar-refractivity contribution is 0.202. The zero-order valence-corrected chi connectivity index (χ0v) is 22.5. The lowest BCUT2D eigenvalue weighted by Gasteiger charge is -2.31. The van der Waals surface area contributed by atoms with Gasteiger partial charge in [-0.1, -0.05) is 72.3 Å². The van der Waals surface area contributed by atoms with Gasteiger partial charge in [-0.05, 0) is 49.2 Å². The molecule has 0 aliphatic carbocycles. The first-order valence-electron chi connectivity index (χ1n) is 13.5. The van der Waals surface area contributed by atoms with Crippen molar-refractivity contribution >= 4 is 17.4 Å². The molecule has 0 bridgehead atoms. The highest BCUT2D eigenvalue weighted by Gasteiger charge is 2.24. The molecule has 0 atom stereocenters. The van der Waals surface area contributed by atoms with E-state index in [2.05, 4.69) is 61.5 Å². The number of fused-ring (bicyclic) bond motifs is 1. The van der Waals surface area contributed by atoms with E-state index in [0.29, 0.717) is 22.7 Å². The van der Waals surface area contributed by atoms with E-state index in [1.165, 1.54) is 5.56 Å². The van der Waals surface area contributed by atoms with Crippen molar-refractivity contribution in [2.45, 2.75) is 25.3 Å². The number of halogens is 1. The van der Waals surface area contributed by atoms with Crippen molar-refractivity contribution in [3.05, 3.63) is 108 Å². The quantitative estimate of drug-likeness (QED) is 0.265. The molecule has 1 fully saturated rings. The Labute approximate surface area is 236 Å². The summed E-state index contributed by atoms with van der Waals surface area (Å²) < 4.78 is 1.82. The number of rotatable bonds is 6. The molecule has 5 heterocycles. The van der Waals surface area contributed by atoms with Gasteiger partial charge in [0.25, 0.3) is 0 Å². The summed E-state index contributed by atoms with van der Waals surface area (Å²) in [5.74, 6) is 2.60. The van der Waals surface area contributed by atoms with Crippen molar-refractivity contribution < 1.29 is 0 Å². The lowest BCUT2D eigenvalue weighted by atomic mass is 9.95. The molecule has 0 unspecified atom stereocenters. The van der Waals surface area contributed by atoms with Crippen LogP contribution in [0.3, 0.4) is 0 Å². The van der Waals surface area contributed by atoms with Crippen LogP contribution in [-0.2, 0) is 6.54 Å². The number of H-pyrrole nitrogens is 1. The van der Waals surface area contributed by atoms with Crippen LogP contribution in [-0.4, -0.2) is 52.5 Å². The number of aromatic nitrogens is 7. The van der Waals surface area contributed by atoms with Gasteiger partial charge >= 0.3 is 0 Å². The molecule has 2 aromatic carbocycles. The number of nitrogens with zero attached hydrogens (tertiary/aromatic N) is 7. The highest BCUT2D eigenvalue weighted by atomic mass is 35.5. The summed E-state index contributed by atoms with van der Waals surface area (Å²) in [6.45, 7) is 2.95. The molecule has 198 valence electrons. The number of nitrogens with one attached hydrogen (secondary N) is 1. The zero-order valence-electron chi connectivity index (χ0n) is 21.8. The molecule has 9 heteroatoms. The second-order valence-electron chi connectivity index (χ2n) is 10.1. The average molecular weight is 547 g/mol. The predicted molar refractivity (Wildman–Crippen MR) is 156 cm³/mol. The Hall–Kier alpha value is -4.40. The maximum absolute atomic E-state index is 6.36. The van der Waals surface area contributed by atoms with Crippen LogP contribution in [0.1, 0.15) is 30.1 Å². The summed E-state index contributed by atoms with van der Waals surface area (Å²) in [6, 6.07) is 24.8.